The van der Waals surface area contributed by atoms with Gasteiger partial charge in [0.1, 0.15) is 0 Å². The Balaban J connectivity index is 1.74. The Bertz CT molecular complexity index is 1410. The van der Waals surface area contributed by atoms with E-state index in [0.29, 0.717) is 16.5 Å². The minimum absolute atomic E-state index is 0.0191. The van der Waals surface area contributed by atoms with Crippen LogP contribution in [0.1, 0.15) is 23.5 Å². The standard InChI is InChI=1S/C22H22N4O3S2/c1-13(2)26(3)21(27)19-11-17-18(30-19)9-8-14-12-23-22(25-20(14)17)24-15-6-5-7-16(10-15)31(4,28)29/h5-13H,1-4H3,(H,23,24,25). The first-order valence-electron chi connectivity index (χ1n) is 9.67. The highest BCUT2D eigenvalue weighted by Crippen LogP contribution is 2.32. The minimum Gasteiger partial charge on any atom is -0.339 e. The molecule has 0 saturated heterocycles. The van der Waals surface area contributed by atoms with Crippen LogP contribution >= 0.6 is 11.3 Å². The maximum Gasteiger partial charge on any atom is 0.263 e. The number of sulfone groups is 1. The topological polar surface area (TPSA) is 92.3 Å². The van der Waals surface area contributed by atoms with Crippen LogP contribution in [0.2, 0.25) is 0 Å². The number of hydrogen-bond donors (Lipinski definition) is 1. The second kappa shape index (κ2) is 7.90. The van der Waals surface area contributed by atoms with Gasteiger partial charge in [-0.15, -0.1) is 11.3 Å². The Labute approximate surface area is 184 Å². The van der Waals surface area contributed by atoms with Gasteiger partial charge in [0.2, 0.25) is 5.95 Å². The number of fused-ring (bicyclic) bond motifs is 3. The molecular formula is C22H22N4O3S2. The van der Waals surface area contributed by atoms with Gasteiger partial charge in [-0.2, -0.15) is 0 Å². The van der Waals surface area contributed by atoms with Gasteiger partial charge in [0.05, 0.1) is 15.3 Å². The largest absolute Gasteiger partial charge is 0.339 e. The number of benzene rings is 2. The summed E-state index contributed by atoms with van der Waals surface area (Å²) in [6, 6.07) is 12.4. The van der Waals surface area contributed by atoms with Crippen molar-refractivity contribution in [2.75, 3.05) is 18.6 Å². The molecule has 9 heteroatoms. The van der Waals surface area contributed by atoms with Crippen molar-refractivity contribution in [3.05, 3.63) is 53.5 Å². The van der Waals surface area contributed by atoms with Crippen LogP contribution in [-0.2, 0) is 9.84 Å². The van der Waals surface area contributed by atoms with Crippen molar-refractivity contribution in [1.82, 2.24) is 14.9 Å². The number of nitrogens with zero attached hydrogens (tertiary/aromatic N) is 3. The van der Waals surface area contributed by atoms with Crippen LogP contribution < -0.4 is 5.32 Å². The molecule has 0 atom stereocenters. The Hall–Kier alpha value is -3.04. The molecule has 160 valence electrons. The summed E-state index contributed by atoms with van der Waals surface area (Å²) in [6.07, 6.45) is 2.88. The molecule has 0 fully saturated rings. The quantitative estimate of drug-likeness (QED) is 0.478. The van der Waals surface area contributed by atoms with Crippen molar-refractivity contribution in [3.8, 4) is 0 Å². The van der Waals surface area contributed by atoms with Crippen molar-refractivity contribution in [2.24, 2.45) is 0 Å². The Morgan fingerprint density at radius 2 is 1.94 bits per heavy atom. The molecule has 2 aromatic heterocycles. The highest BCUT2D eigenvalue weighted by atomic mass is 32.2. The van der Waals surface area contributed by atoms with Crippen molar-refractivity contribution in [1.29, 1.82) is 0 Å². The molecule has 0 aliphatic rings. The maximum absolute atomic E-state index is 12.8. The first kappa shape index (κ1) is 21.2. The van der Waals surface area contributed by atoms with Crippen molar-refractivity contribution < 1.29 is 13.2 Å². The SMILES string of the molecule is CC(C)N(C)C(=O)c1cc2c(ccc3cnc(Nc4cccc(S(C)(=O)=O)c4)nc32)s1. The molecule has 0 radical (unpaired) electrons. The number of hydrogen-bond acceptors (Lipinski definition) is 7. The van der Waals surface area contributed by atoms with E-state index in [1.807, 2.05) is 32.0 Å². The normalized spacial score (nSPS) is 11.9. The number of amides is 1. The number of anilines is 2. The average Bonchev–Trinajstić information content (AvgIpc) is 3.17. The van der Waals surface area contributed by atoms with Crippen LogP contribution in [-0.4, -0.2) is 48.5 Å². The third kappa shape index (κ3) is 4.24. The van der Waals surface area contributed by atoms with Gasteiger partial charge in [0.25, 0.3) is 5.91 Å². The number of carbonyl (C=O) groups is 1. The van der Waals surface area contributed by atoms with Crippen LogP contribution in [0.25, 0.3) is 21.0 Å². The number of rotatable bonds is 5. The van der Waals surface area contributed by atoms with Crippen molar-refractivity contribution in [3.63, 3.8) is 0 Å². The van der Waals surface area contributed by atoms with Crippen LogP contribution in [0, 0.1) is 0 Å². The predicted molar refractivity (Wildman–Crippen MR) is 125 cm³/mol. The number of carbonyl (C=O) groups excluding carboxylic acids is 1. The predicted octanol–water partition coefficient (Wildman–Crippen LogP) is 4.47. The van der Waals surface area contributed by atoms with E-state index >= 15 is 0 Å². The van der Waals surface area contributed by atoms with Crippen molar-refractivity contribution in [2.45, 2.75) is 24.8 Å². The molecule has 4 aromatic rings. The molecule has 2 aromatic carbocycles. The van der Waals surface area contributed by atoms with E-state index < -0.39 is 9.84 Å². The molecule has 7 nitrogen and oxygen atoms in total. The maximum atomic E-state index is 12.8. The van der Waals surface area contributed by atoms with Crippen LogP contribution in [0.3, 0.4) is 0 Å². The summed E-state index contributed by atoms with van der Waals surface area (Å²) < 4.78 is 24.6. The highest BCUT2D eigenvalue weighted by Gasteiger charge is 2.18. The summed E-state index contributed by atoms with van der Waals surface area (Å²) in [7, 11) is -1.52. The second-order valence-corrected chi connectivity index (χ2v) is 10.8. The monoisotopic (exact) mass is 454 g/mol. The fourth-order valence-corrected chi connectivity index (χ4v) is 4.83. The summed E-state index contributed by atoms with van der Waals surface area (Å²) in [5.74, 6) is 0.332. The zero-order valence-corrected chi connectivity index (χ0v) is 19.2. The fourth-order valence-electron chi connectivity index (χ4n) is 3.12. The molecule has 0 spiro atoms. The zero-order valence-electron chi connectivity index (χ0n) is 17.6. The number of thiophene rings is 1. The molecule has 1 amide bonds. The molecule has 0 aliphatic heterocycles. The molecule has 2 heterocycles. The van der Waals surface area contributed by atoms with E-state index in [0.717, 1.165) is 21.0 Å². The van der Waals surface area contributed by atoms with E-state index in [4.69, 9.17) is 0 Å². The Morgan fingerprint density at radius 1 is 1.16 bits per heavy atom. The molecule has 31 heavy (non-hydrogen) atoms. The first-order chi connectivity index (χ1) is 14.6. The summed E-state index contributed by atoms with van der Waals surface area (Å²) in [5, 5.41) is 4.82. The highest BCUT2D eigenvalue weighted by molar-refractivity contribution is 7.90. The van der Waals surface area contributed by atoms with Crippen LogP contribution in [0.5, 0.6) is 0 Å². The Kier molecular flexibility index (Phi) is 5.40. The van der Waals surface area contributed by atoms with E-state index in [1.54, 1.807) is 42.4 Å². The lowest BCUT2D eigenvalue weighted by atomic mass is 10.1. The van der Waals surface area contributed by atoms with Crippen LogP contribution in [0.4, 0.5) is 11.6 Å². The van der Waals surface area contributed by atoms with E-state index in [-0.39, 0.29) is 16.8 Å². The summed E-state index contributed by atoms with van der Waals surface area (Å²) in [5.41, 5.74) is 1.31. The third-order valence-corrected chi connectivity index (χ3v) is 7.27. The van der Waals surface area contributed by atoms with E-state index in [1.165, 1.54) is 17.6 Å². The summed E-state index contributed by atoms with van der Waals surface area (Å²) in [4.78, 5) is 24.3. The van der Waals surface area contributed by atoms with E-state index in [9.17, 15) is 13.2 Å². The first-order valence-corrected chi connectivity index (χ1v) is 12.4. The van der Waals surface area contributed by atoms with Gasteiger partial charge in [-0.25, -0.2) is 18.4 Å². The lowest BCUT2D eigenvalue weighted by molar-refractivity contribution is 0.0760. The van der Waals surface area contributed by atoms with Gasteiger partial charge in [-0.05, 0) is 50.2 Å². The van der Waals surface area contributed by atoms with Crippen LogP contribution in [0.15, 0.2) is 53.6 Å². The molecule has 0 unspecified atom stereocenters. The van der Waals surface area contributed by atoms with Gasteiger partial charge in [0.15, 0.2) is 9.84 Å². The fraction of sp³-hybridized carbons (Fsp3) is 0.227. The average molecular weight is 455 g/mol. The van der Waals surface area contributed by atoms with Gasteiger partial charge in [-0.1, -0.05) is 6.07 Å². The second-order valence-electron chi connectivity index (χ2n) is 7.65. The lowest BCUT2D eigenvalue weighted by Crippen LogP contribution is -2.32. The lowest BCUT2D eigenvalue weighted by Gasteiger charge is -2.20. The number of nitrogens with one attached hydrogen (secondary N) is 1. The van der Waals surface area contributed by atoms with Crippen molar-refractivity contribution >= 4 is 59.7 Å². The molecule has 1 N–H and O–H groups in total. The molecule has 4 rings (SSSR count). The number of aromatic nitrogens is 2. The molecule has 0 saturated carbocycles. The minimum atomic E-state index is -3.32. The van der Waals surface area contributed by atoms with Gasteiger partial charge < -0.3 is 10.2 Å². The molecule has 0 bridgehead atoms. The van der Waals surface area contributed by atoms with Gasteiger partial charge in [0, 0.05) is 46.7 Å². The van der Waals surface area contributed by atoms with Gasteiger partial charge in [-0.3, -0.25) is 4.79 Å². The van der Waals surface area contributed by atoms with Gasteiger partial charge >= 0.3 is 0 Å². The Morgan fingerprint density at radius 3 is 2.65 bits per heavy atom. The summed E-state index contributed by atoms with van der Waals surface area (Å²) in [6.45, 7) is 3.95. The zero-order chi connectivity index (χ0) is 22.3. The smallest absolute Gasteiger partial charge is 0.263 e. The third-order valence-electron chi connectivity index (χ3n) is 5.07. The molecule has 0 aliphatic carbocycles. The molecular weight excluding hydrogens is 432 g/mol. The summed E-state index contributed by atoms with van der Waals surface area (Å²) >= 11 is 1.44. The van der Waals surface area contributed by atoms with E-state index in [2.05, 4.69) is 15.3 Å².